The first-order valence-electron chi connectivity index (χ1n) is 8.01. The van der Waals surface area contributed by atoms with Crippen molar-refractivity contribution >= 4 is 5.71 Å². The number of nitrogens with zero attached hydrogens (tertiary/aromatic N) is 1. The van der Waals surface area contributed by atoms with Crippen molar-refractivity contribution in [2.45, 2.75) is 13.0 Å². The summed E-state index contributed by atoms with van der Waals surface area (Å²) in [6.45, 7) is 0.421. The molecule has 0 spiro atoms. The fourth-order valence-electron chi connectivity index (χ4n) is 2.56. The van der Waals surface area contributed by atoms with Crippen molar-refractivity contribution in [3.8, 4) is 11.5 Å². The second-order valence-corrected chi connectivity index (χ2v) is 5.66. The van der Waals surface area contributed by atoms with Crippen LogP contribution < -0.4 is 4.74 Å². The van der Waals surface area contributed by atoms with Gasteiger partial charge in [0, 0.05) is 18.1 Å². The Kier molecular flexibility index (Phi) is 5.32. The molecule has 0 atom stereocenters. The van der Waals surface area contributed by atoms with Crippen LogP contribution in [0.5, 0.6) is 11.5 Å². The van der Waals surface area contributed by atoms with Crippen molar-refractivity contribution in [3.63, 3.8) is 0 Å². The van der Waals surface area contributed by atoms with Crippen molar-refractivity contribution in [3.05, 3.63) is 95.6 Å². The van der Waals surface area contributed by atoms with Crippen LogP contribution in [0.2, 0.25) is 0 Å². The summed E-state index contributed by atoms with van der Waals surface area (Å²) in [5.41, 5.74) is 2.93. The second-order valence-electron chi connectivity index (χ2n) is 5.66. The van der Waals surface area contributed by atoms with Gasteiger partial charge >= 0.3 is 0 Å². The first kappa shape index (κ1) is 16.6. The fourth-order valence-corrected chi connectivity index (χ4v) is 2.56. The number of rotatable bonds is 6. The molecule has 4 nitrogen and oxygen atoms in total. The van der Waals surface area contributed by atoms with Gasteiger partial charge < -0.3 is 15.1 Å². The lowest BCUT2D eigenvalue weighted by Crippen LogP contribution is -2.06. The molecule has 25 heavy (non-hydrogen) atoms. The summed E-state index contributed by atoms with van der Waals surface area (Å²) in [7, 11) is 0. The predicted octanol–water partition coefficient (Wildman–Crippen LogP) is 4.39. The van der Waals surface area contributed by atoms with E-state index >= 15 is 0 Å². The van der Waals surface area contributed by atoms with Gasteiger partial charge in [-0.1, -0.05) is 65.8 Å². The van der Waals surface area contributed by atoms with E-state index in [4.69, 9.17) is 4.74 Å². The van der Waals surface area contributed by atoms with Crippen LogP contribution in [-0.2, 0) is 13.0 Å². The molecule has 0 bridgehead atoms. The minimum Gasteiger partial charge on any atom is -0.507 e. The maximum Gasteiger partial charge on any atom is 0.128 e. The Morgan fingerprint density at radius 2 is 1.48 bits per heavy atom. The third kappa shape index (κ3) is 4.38. The molecule has 126 valence electrons. The Hall–Kier alpha value is -3.27. The van der Waals surface area contributed by atoms with Crippen molar-refractivity contribution < 1.29 is 15.1 Å². The quantitative estimate of drug-likeness (QED) is 0.399. The number of benzene rings is 3. The molecule has 0 fully saturated rings. The van der Waals surface area contributed by atoms with Crippen LogP contribution in [0.25, 0.3) is 0 Å². The van der Waals surface area contributed by atoms with Gasteiger partial charge in [-0.25, -0.2) is 0 Å². The molecule has 0 aliphatic heterocycles. The third-order valence-electron chi connectivity index (χ3n) is 3.86. The Bertz CT molecular complexity index is 846. The van der Waals surface area contributed by atoms with E-state index in [1.54, 1.807) is 12.1 Å². The minimum atomic E-state index is 0.0225. The molecule has 0 aliphatic carbocycles. The van der Waals surface area contributed by atoms with Crippen molar-refractivity contribution in [2.24, 2.45) is 5.16 Å². The van der Waals surface area contributed by atoms with E-state index in [1.807, 2.05) is 60.7 Å². The van der Waals surface area contributed by atoms with Crippen LogP contribution in [0.3, 0.4) is 0 Å². The number of phenols is 1. The average Bonchev–Trinajstić information content (AvgIpc) is 2.66. The Morgan fingerprint density at radius 3 is 2.08 bits per heavy atom. The standard InChI is InChI=1S/C21H19NO3/c23-21-14-18(25-15-17-9-5-2-6-10-17)11-12-19(21)20(22-24)13-16-7-3-1-4-8-16/h1-12,14,23-24H,13,15H2/b22-20+. The lowest BCUT2D eigenvalue weighted by molar-refractivity contribution is 0.304. The topological polar surface area (TPSA) is 62.1 Å². The fraction of sp³-hybridized carbons (Fsp3) is 0.0952. The van der Waals surface area contributed by atoms with E-state index in [0.717, 1.165) is 11.1 Å². The zero-order valence-corrected chi connectivity index (χ0v) is 13.7. The van der Waals surface area contributed by atoms with Crippen LogP contribution in [0, 0.1) is 0 Å². The van der Waals surface area contributed by atoms with Gasteiger partial charge in [0.25, 0.3) is 0 Å². The average molecular weight is 333 g/mol. The molecule has 0 saturated carbocycles. The van der Waals surface area contributed by atoms with Crippen LogP contribution >= 0.6 is 0 Å². The van der Waals surface area contributed by atoms with Gasteiger partial charge in [0.15, 0.2) is 0 Å². The molecule has 2 N–H and O–H groups in total. The van der Waals surface area contributed by atoms with Crippen molar-refractivity contribution in [2.75, 3.05) is 0 Å². The molecule has 0 heterocycles. The summed E-state index contributed by atoms with van der Waals surface area (Å²) >= 11 is 0. The van der Waals surface area contributed by atoms with Crippen LogP contribution in [0.15, 0.2) is 84.0 Å². The van der Waals surface area contributed by atoms with Crippen molar-refractivity contribution in [1.29, 1.82) is 0 Å². The maximum absolute atomic E-state index is 10.3. The summed E-state index contributed by atoms with van der Waals surface area (Å²) in [6.07, 6.45) is 0.426. The molecule has 0 unspecified atom stereocenters. The molecule has 4 heteroatoms. The lowest BCUT2D eigenvalue weighted by Gasteiger charge is -2.11. The molecule has 3 aromatic rings. The van der Waals surface area contributed by atoms with E-state index in [-0.39, 0.29) is 5.75 Å². The highest BCUT2D eigenvalue weighted by molar-refractivity contribution is 6.03. The van der Waals surface area contributed by atoms with Gasteiger partial charge in [-0.3, -0.25) is 0 Å². The number of hydrogen-bond donors (Lipinski definition) is 2. The van der Waals surface area contributed by atoms with Gasteiger partial charge in [-0.2, -0.15) is 0 Å². The largest absolute Gasteiger partial charge is 0.507 e. The second kappa shape index (κ2) is 8.02. The highest BCUT2D eigenvalue weighted by atomic mass is 16.5. The SMILES string of the molecule is O/N=C(\Cc1ccccc1)c1ccc(OCc2ccccc2)cc1O. The van der Waals surface area contributed by atoms with Crippen LogP contribution in [0.4, 0.5) is 0 Å². The van der Waals surface area contributed by atoms with Crippen LogP contribution in [-0.4, -0.2) is 16.0 Å². The number of aromatic hydroxyl groups is 1. The minimum absolute atomic E-state index is 0.0225. The van der Waals surface area contributed by atoms with E-state index in [9.17, 15) is 10.3 Å². The Morgan fingerprint density at radius 1 is 0.840 bits per heavy atom. The lowest BCUT2D eigenvalue weighted by atomic mass is 10.0. The molecule has 3 rings (SSSR count). The molecule has 3 aromatic carbocycles. The molecule has 0 radical (unpaired) electrons. The zero-order valence-electron chi connectivity index (χ0n) is 13.7. The number of phenolic OH excluding ortho intramolecular Hbond substituents is 1. The molecular formula is C21H19NO3. The van der Waals surface area contributed by atoms with Gasteiger partial charge in [-0.05, 0) is 23.3 Å². The first-order chi connectivity index (χ1) is 12.3. The molecule has 0 aromatic heterocycles. The first-order valence-corrected chi connectivity index (χ1v) is 8.01. The van der Waals surface area contributed by atoms with E-state index in [1.165, 1.54) is 6.07 Å². The molecule has 0 amide bonds. The summed E-state index contributed by atoms with van der Waals surface area (Å²) in [6, 6.07) is 24.5. The van der Waals surface area contributed by atoms with E-state index in [0.29, 0.717) is 30.1 Å². The normalized spacial score (nSPS) is 11.3. The number of ether oxygens (including phenoxy) is 1. The number of hydrogen-bond acceptors (Lipinski definition) is 4. The summed E-state index contributed by atoms with van der Waals surface area (Å²) in [4.78, 5) is 0. The molecule has 0 aliphatic rings. The monoisotopic (exact) mass is 333 g/mol. The Labute approximate surface area is 146 Å². The van der Waals surface area contributed by atoms with E-state index in [2.05, 4.69) is 5.16 Å². The number of oxime groups is 1. The van der Waals surface area contributed by atoms with Crippen molar-refractivity contribution in [1.82, 2.24) is 0 Å². The summed E-state index contributed by atoms with van der Waals surface area (Å²) in [5, 5.41) is 23.0. The summed E-state index contributed by atoms with van der Waals surface area (Å²) < 4.78 is 5.70. The van der Waals surface area contributed by atoms with Gasteiger partial charge in [0.2, 0.25) is 0 Å². The third-order valence-corrected chi connectivity index (χ3v) is 3.86. The highest BCUT2D eigenvalue weighted by Crippen LogP contribution is 2.26. The highest BCUT2D eigenvalue weighted by Gasteiger charge is 2.12. The summed E-state index contributed by atoms with van der Waals surface area (Å²) in [5.74, 6) is 0.580. The van der Waals surface area contributed by atoms with Gasteiger partial charge in [-0.15, -0.1) is 0 Å². The zero-order chi connectivity index (χ0) is 17.5. The predicted molar refractivity (Wildman–Crippen MR) is 97.4 cm³/mol. The maximum atomic E-state index is 10.3. The van der Waals surface area contributed by atoms with E-state index < -0.39 is 0 Å². The van der Waals surface area contributed by atoms with Gasteiger partial charge in [0.1, 0.15) is 18.1 Å². The van der Waals surface area contributed by atoms with Gasteiger partial charge in [0.05, 0.1) is 5.71 Å². The Balaban J connectivity index is 1.72. The molecule has 0 saturated heterocycles. The van der Waals surface area contributed by atoms with Crippen LogP contribution in [0.1, 0.15) is 16.7 Å². The smallest absolute Gasteiger partial charge is 0.128 e. The molecular weight excluding hydrogens is 314 g/mol.